The first-order chi connectivity index (χ1) is 13.0. The molecule has 1 rings (SSSR count). The number of nitrogens with zero attached hydrogens (tertiary/aromatic N) is 1. The highest BCUT2D eigenvalue weighted by atomic mass is 28.4. The predicted octanol–water partition coefficient (Wildman–Crippen LogP) is 4.16. The molecule has 0 radical (unpaired) electrons. The van der Waals surface area contributed by atoms with Crippen molar-refractivity contribution in [3.8, 4) is 0 Å². The van der Waals surface area contributed by atoms with E-state index in [1.165, 1.54) is 0 Å². The fourth-order valence-corrected chi connectivity index (χ4v) is 3.51. The van der Waals surface area contributed by atoms with Crippen molar-refractivity contribution < 1.29 is 28.3 Å². The molecule has 1 amide bonds. The van der Waals surface area contributed by atoms with Crippen molar-refractivity contribution in [1.29, 1.82) is 0 Å². The van der Waals surface area contributed by atoms with Crippen LogP contribution >= 0.6 is 0 Å². The van der Waals surface area contributed by atoms with E-state index in [9.17, 15) is 14.4 Å². The second kappa shape index (κ2) is 9.16. The lowest BCUT2D eigenvalue weighted by Gasteiger charge is -2.38. The lowest BCUT2D eigenvalue weighted by molar-refractivity contribution is -0.160. The molecule has 1 aliphatic rings. The summed E-state index contributed by atoms with van der Waals surface area (Å²) in [6, 6.07) is 0. The van der Waals surface area contributed by atoms with E-state index in [0.29, 0.717) is 25.9 Å². The Morgan fingerprint density at radius 3 is 1.93 bits per heavy atom. The number of esters is 1. The van der Waals surface area contributed by atoms with Crippen LogP contribution in [0.4, 0.5) is 4.79 Å². The maximum atomic E-state index is 12.5. The molecule has 1 aliphatic heterocycles. The van der Waals surface area contributed by atoms with Gasteiger partial charge >= 0.3 is 12.1 Å². The van der Waals surface area contributed by atoms with Crippen molar-refractivity contribution in [2.45, 2.75) is 85.0 Å². The highest BCUT2D eigenvalue weighted by molar-refractivity contribution is 6.74. The van der Waals surface area contributed by atoms with Gasteiger partial charge in [-0.15, -0.1) is 0 Å². The number of piperidine rings is 1. The molecular weight excluding hydrogens is 390 g/mol. The summed E-state index contributed by atoms with van der Waals surface area (Å²) in [5, 5.41) is 0.0134. The predicted molar refractivity (Wildman–Crippen MR) is 114 cm³/mol. The molecule has 0 aromatic heterocycles. The van der Waals surface area contributed by atoms with Crippen molar-refractivity contribution in [3.63, 3.8) is 0 Å². The number of ketones is 1. The van der Waals surface area contributed by atoms with Crippen LogP contribution in [-0.2, 0) is 23.5 Å². The zero-order chi connectivity index (χ0) is 22.7. The molecule has 1 fully saturated rings. The first kappa shape index (κ1) is 25.6. The Morgan fingerprint density at radius 2 is 1.48 bits per heavy atom. The van der Waals surface area contributed by atoms with Crippen LogP contribution < -0.4 is 0 Å². The summed E-state index contributed by atoms with van der Waals surface area (Å²) in [7, 11) is -2.02. The topological polar surface area (TPSA) is 82.1 Å². The normalized spacial score (nSPS) is 17.6. The number of ether oxygens (including phenoxy) is 2. The first-order valence-corrected chi connectivity index (χ1v) is 13.2. The summed E-state index contributed by atoms with van der Waals surface area (Å²) >= 11 is 0. The monoisotopic (exact) mass is 429 g/mol. The van der Waals surface area contributed by atoms with E-state index in [-0.39, 0.29) is 30.1 Å². The van der Waals surface area contributed by atoms with Gasteiger partial charge < -0.3 is 18.8 Å². The number of Topliss-reactive ketones (excluding diaryl/α,β-unsaturated/α-hetero) is 1. The van der Waals surface area contributed by atoms with E-state index in [0.717, 1.165) is 0 Å². The molecule has 8 heteroatoms. The van der Waals surface area contributed by atoms with Gasteiger partial charge in [-0.25, -0.2) is 4.79 Å². The molecule has 0 atom stereocenters. The third kappa shape index (κ3) is 7.73. The summed E-state index contributed by atoms with van der Waals surface area (Å²) in [6.45, 7) is 18.3. The first-order valence-electron chi connectivity index (χ1n) is 10.3. The van der Waals surface area contributed by atoms with E-state index in [1.807, 2.05) is 27.7 Å². The lowest BCUT2D eigenvalue weighted by atomic mass is 9.80. The highest BCUT2D eigenvalue weighted by Gasteiger charge is 2.41. The Balaban J connectivity index is 2.47. The summed E-state index contributed by atoms with van der Waals surface area (Å²) < 4.78 is 16.5. The molecule has 1 saturated heterocycles. The Morgan fingerprint density at radius 1 is 0.966 bits per heavy atom. The third-order valence-electron chi connectivity index (χ3n) is 5.78. The molecule has 0 bridgehead atoms. The summed E-state index contributed by atoms with van der Waals surface area (Å²) in [6.07, 6.45) is 0.574. The van der Waals surface area contributed by atoms with Crippen molar-refractivity contribution in [3.05, 3.63) is 0 Å². The second-order valence-corrected chi connectivity index (χ2v) is 15.5. The molecule has 0 saturated carbocycles. The maximum absolute atomic E-state index is 12.5. The molecule has 0 spiro atoms. The SMILES string of the molecule is CC(C)(C)OC(=O)N1CCC(C)(C(=O)OCC(=O)CO[Si](C)(C)C(C)(C)C)CC1. The number of hydrogen-bond donors (Lipinski definition) is 0. The zero-order valence-electron chi connectivity index (χ0n) is 19.6. The van der Waals surface area contributed by atoms with E-state index in [2.05, 4.69) is 33.9 Å². The summed E-state index contributed by atoms with van der Waals surface area (Å²) in [5.41, 5.74) is -1.26. The number of carbonyl (C=O) groups excluding carboxylic acids is 3. The minimum absolute atomic E-state index is 0.0134. The van der Waals surface area contributed by atoms with Crippen molar-refractivity contribution in [2.24, 2.45) is 5.41 Å². The number of rotatable bonds is 6. The minimum Gasteiger partial charge on any atom is -0.457 e. The van der Waals surface area contributed by atoms with Crippen LogP contribution in [-0.4, -0.2) is 63.0 Å². The number of amides is 1. The van der Waals surface area contributed by atoms with Gasteiger partial charge in [0, 0.05) is 13.1 Å². The highest BCUT2D eigenvalue weighted by Crippen LogP contribution is 2.36. The molecular formula is C21H39NO6Si. The van der Waals surface area contributed by atoms with Crippen molar-refractivity contribution in [2.75, 3.05) is 26.3 Å². The molecule has 1 heterocycles. The van der Waals surface area contributed by atoms with Crippen LogP contribution in [0.15, 0.2) is 0 Å². The average Bonchev–Trinajstić information content (AvgIpc) is 2.55. The Labute approximate surface area is 176 Å². The summed E-state index contributed by atoms with van der Waals surface area (Å²) in [4.78, 5) is 38.5. The van der Waals surface area contributed by atoms with Crippen LogP contribution in [0.1, 0.15) is 61.3 Å². The van der Waals surface area contributed by atoms with E-state index >= 15 is 0 Å². The standard InChI is InChI=1S/C21H39NO6Si/c1-19(2,3)28-18(25)22-12-10-21(7,11-13-22)17(24)26-14-16(23)15-27-29(8,9)20(4,5)6/h10-15H2,1-9H3. The van der Waals surface area contributed by atoms with Gasteiger partial charge in [0.15, 0.2) is 20.7 Å². The number of carbonyl (C=O) groups is 3. The summed E-state index contributed by atoms with van der Waals surface area (Å²) in [5.74, 6) is -0.639. The molecule has 7 nitrogen and oxygen atoms in total. The van der Waals surface area contributed by atoms with Crippen LogP contribution in [0, 0.1) is 5.41 Å². The molecule has 0 aromatic carbocycles. The minimum atomic E-state index is -2.02. The van der Waals surface area contributed by atoms with E-state index in [1.54, 1.807) is 4.90 Å². The largest absolute Gasteiger partial charge is 0.457 e. The molecule has 168 valence electrons. The Kier molecular flexibility index (Phi) is 8.10. The van der Waals surface area contributed by atoms with Crippen LogP contribution in [0.3, 0.4) is 0 Å². The molecule has 0 unspecified atom stereocenters. The van der Waals surface area contributed by atoms with E-state index in [4.69, 9.17) is 13.9 Å². The fraction of sp³-hybridized carbons (Fsp3) is 0.857. The van der Waals surface area contributed by atoms with Gasteiger partial charge in [0.25, 0.3) is 0 Å². The molecule has 29 heavy (non-hydrogen) atoms. The van der Waals surface area contributed by atoms with Gasteiger partial charge in [0.05, 0.1) is 12.0 Å². The zero-order valence-corrected chi connectivity index (χ0v) is 20.6. The Bertz CT molecular complexity index is 610. The third-order valence-corrected chi connectivity index (χ3v) is 10.3. The van der Waals surface area contributed by atoms with Crippen molar-refractivity contribution >= 4 is 26.2 Å². The number of likely N-dealkylation sites (tertiary alicyclic amines) is 1. The van der Waals surface area contributed by atoms with Gasteiger partial charge in [-0.1, -0.05) is 20.8 Å². The lowest BCUT2D eigenvalue weighted by Crippen LogP contribution is -2.47. The molecule has 0 aliphatic carbocycles. The van der Waals surface area contributed by atoms with E-state index < -0.39 is 25.3 Å². The van der Waals surface area contributed by atoms with Gasteiger partial charge in [0.2, 0.25) is 0 Å². The smallest absolute Gasteiger partial charge is 0.410 e. The average molecular weight is 430 g/mol. The fourth-order valence-electron chi connectivity index (χ4n) is 2.55. The quantitative estimate of drug-likeness (QED) is 0.466. The molecule has 0 aromatic rings. The second-order valence-electron chi connectivity index (χ2n) is 10.7. The van der Waals surface area contributed by atoms with Gasteiger partial charge in [-0.3, -0.25) is 9.59 Å². The maximum Gasteiger partial charge on any atom is 0.410 e. The van der Waals surface area contributed by atoms with Crippen LogP contribution in [0.5, 0.6) is 0 Å². The van der Waals surface area contributed by atoms with Crippen molar-refractivity contribution in [1.82, 2.24) is 4.90 Å². The van der Waals surface area contributed by atoms with Gasteiger partial charge in [-0.05, 0) is 58.7 Å². The van der Waals surface area contributed by atoms with Crippen LogP contribution in [0.2, 0.25) is 18.1 Å². The molecule has 0 N–H and O–H groups in total. The Hall–Kier alpha value is -1.41. The van der Waals surface area contributed by atoms with Gasteiger partial charge in [0.1, 0.15) is 5.60 Å². The number of hydrogen-bond acceptors (Lipinski definition) is 6. The van der Waals surface area contributed by atoms with Gasteiger partial charge in [-0.2, -0.15) is 0 Å². The van der Waals surface area contributed by atoms with Crippen LogP contribution in [0.25, 0.3) is 0 Å².